The van der Waals surface area contributed by atoms with Gasteiger partial charge in [0.2, 0.25) is 0 Å². The molecular weight excluding hydrogens is 152 g/mol. The molecule has 0 amide bonds. The van der Waals surface area contributed by atoms with Crippen molar-refractivity contribution in [2.24, 2.45) is 0 Å². The molecule has 0 fully saturated rings. The average molecular weight is 164 g/mol. The van der Waals surface area contributed by atoms with Gasteiger partial charge in [-0.1, -0.05) is 12.1 Å². The van der Waals surface area contributed by atoms with Crippen LogP contribution in [-0.2, 0) is 4.74 Å². The lowest BCUT2D eigenvalue weighted by molar-refractivity contribution is 0.0600. The first-order chi connectivity index (χ1) is 5.66. The van der Waals surface area contributed by atoms with Crippen LogP contribution in [0.4, 0.5) is 0 Å². The molecule has 0 aliphatic carbocycles. The topological polar surface area (TPSA) is 26.3 Å². The fourth-order valence-electron chi connectivity index (χ4n) is 1.08. The van der Waals surface area contributed by atoms with Gasteiger partial charge in [-0.2, -0.15) is 0 Å². The molecule has 2 nitrogen and oxygen atoms in total. The zero-order valence-corrected chi connectivity index (χ0v) is 7.55. The molecule has 0 aliphatic rings. The molecule has 0 bridgehead atoms. The quantitative estimate of drug-likeness (QED) is 0.594. The largest absolute Gasteiger partial charge is 0.465 e. The van der Waals surface area contributed by atoms with E-state index in [1.165, 1.54) is 7.11 Å². The van der Waals surface area contributed by atoms with Crippen LogP contribution in [0.5, 0.6) is 0 Å². The van der Waals surface area contributed by atoms with Crippen molar-refractivity contribution in [3.63, 3.8) is 0 Å². The van der Waals surface area contributed by atoms with Crippen LogP contribution in [0.3, 0.4) is 0 Å². The lowest BCUT2D eigenvalue weighted by atomic mass is 10.0. The molecule has 0 aromatic heterocycles. The van der Waals surface area contributed by atoms with Gasteiger partial charge in [0.05, 0.1) is 12.7 Å². The Morgan fingerprint density at radius 2 is 2.00 bits per heavy atom. The third kappa shape index (κ3) is 1.47. The van der Waals surface area contributed by atoms with Crippen LogP contribution < -0.4 is 0 Å². The van der Waals surface area contributed by atoms with Gasteiger partial charge >= 0.3 is 5.97 Å². The van der Waals surface area contributed by atoms with E-state index in [1.54, 1.807) is 6.07 Å². The van der Waals surface area contributed by atoms with Crippen molar-refractivity contribution < 1.29 is 9.53 Å². The number of aryl methyl sites for hydroxylation is 1. The minimum atomic E-state index is -0.267. The predicted octanol–water partition coefficient (Wildman–Crippen LogP) is 2.09. The normalized spacial score (nSPS) is 9.58. The summed E-state index contributed by atoms with van der Waals surface area (Å²) < 4.78 is 4.63. The Kier molecular flexibility index (Phi) is 2.48. The number of rotatable bonds is 1. The number of hydrogen-bond acceptors (Lipinski definition) is 2. The summed E-state index contributed by atoms with van der Waals surface area (Å²) in [6.07, 6.45) is 0. The molecule has 1 aromatic rings. The van der Waals surface area contributed by atoms with Crippen molar-refractivity contribution >= 4 is 5.97 Å². The van der Waals surface area contributed by atoms with Gasteiger partial charge in [-0.15, -0.1) is 0 Å². The number of hydrogen-bond donors (Lipinski definition) is 0. The van der Waals surface area contributed by atoms with E-state index in [4.69, 9.17) is 0 Å². The van der Waals surface area contributed by atoms with Crippen LogP contribution in [-0.4, -0.2) is 13.1 Å². The van der Waals surface area contributed by atoms with Crippen molar-refractivity contribution in [2.75, 3.05) is 7.11 Å². The van der Waals surface area contributed by atoms with E-state index in [-0.39, 0.29) is 5.97 Å². The monoisotopic (exact) mass is 164 g/mol. The first kappa shape index (κ1) is 8.78. The minimum absolute atomic E-state index is 0.267. The lowest BCUT2D eigenvalue weighted by Gasteiger charge is -2.05. The van der Waals surface area contributed by atoms with Crippen molar-refractivity contribution in [1.82, 2.24) is 0 Å². The Morgan fingerprint density at radius 1 is 1.33 bits per heavy atom. The fraction of sp³-hybridized carbons (Fsp3) is 0.300. The second-order valence-electron chi connectivity index (χ2n) is 2.74. The van der Waals surface area contributed by atoms with Gasteiger partial charge in [0.25, 0.3) is 0 Å². The van der Waals surface area contributed by atoms with Crippen LogP contribution >= 0.6 is 0 Å². The molecular formula is C10H12O2. The maximum Gasteiger partial charge on any atom is 0.338 e. The number of benzene rings is 1. The second kappa shape index (κ2) is 3.39. The summed E-state index contributed by atoms with van der Waals surface area (Å²) in [7, 11) is 1.39. The van der Waals surface area contributed by atoms with E-state index in [1.807, 2.05) is 26.0 Å². The highest BCUT2D eigenvalue weighted by Crippen LogP contribution is 2.13. The molecule has 64 valence electrons. The Bertz CT molecular complexity index is 303. The summed E-state index contributed by atoms with van der Waals surface area (Å²) >= 11 is 0. The van der Waals surface area contributed by atoms with Crippen molar-refractivity contribution in [2.45, 2.75) is 13.8 Å². The Balaban J connectivity index is 3.16. The number of carbonyl (C=O) groups excluding carboxylic acids is 1. The second-order valence-corrected chi connectivity index (χ2v) is 2.74. The van der Waals surface area contributed by atoms with Gasteiger partial charge in [-0.25, -0.2) is 4.79 Å². The summed E-state index contributed by atoms with van der Waals surface area (Å²) in [5.74, 6) is -0.267. The molecule has 0 N–H and O–H groups in total. The van der Waals surface area contributed by atoms with Crippen LogP contribution in [0.25, 0.3) is 0 Å². The molecule has 0 saturated heterocycles. The van der Waals surface area contributed by atoms with E-state index in [0.29, 0.717) is 5.56 Å². The molecule has 0 aliphatic heterocycles. The predicted molar refractivity (Wildman–Crippen MR) is 47.3 cm³/mol. The SMILES string of the molecule is COC(=O)c1cccc(C)c1C. The summed E-state index contributed by atoms with van der Waals surface area (Å²) in [5.41, 5.74) is 2.75. The minimum Gasteiger partial charge on any atom is -0.465 e. The molecule has 0 radical (unpaired) electrons. The van der Waals surface area contributed by atoms with E-state index < -0.39 is 0 Å². The van der Waals surface area contributed by atoms with Gasteiger partial charge in [-0.3, -0.25) is 0 Å². The molecule has 1 rings (SSSR count). The number of esters is 1. The lowest BCUT2D eigenvalue weighted by Crippen LogP contribution is -2.04. The van der Waals surface area contributed by atoms with E-state index in [2.05, 4.69) is 4.74 Å². The summed E-state index contributed by atoms with van der Waals surface area (Å²) in [6.45, 7) is 3.89. The van der Waals surface area contributed by atoms with Crippen LogP contribution in [0.1, 0.15) is 21.5 Å². The molecule has 0 saturated carbocycles. The van der Waals surface area contributed by atoms with Gasteiger partial charge in [-0.05, 0) is 31.0 Å². The highest BCUT2D eigenvalue weighted by Gasteiger charge is 2.08. The molecule has 0 unspecified atom stereocenters. The van der Waals surface area contributed by atoms with Crippen LogP contribution in [0.15, 0.2) is 18.2 Å². The zero-order valence-electron chi connectivity index (χ0n) is 7.55. The summed E-state index contributed by atoms with van der Waals surface area (Å²) in [4.78, 5) is 11.2. The Labute approximate surface area is 72.2 Å². The zero-order chi connectivity index (χ0) is 9.14. The third-order valence-corrected chi connectivity index (χ3v) is 2.01. The van der Waals surface area contributed by atoms with Crippen molar-refractivity contribution in [3.05, 3.63) is 34.9 Å². The molecule has 0 heterocycles. The molecule has 12 heavy (non-hydrogen) atoms. The van der Waals surface area contributed by atoms with Gasteiger partial charge in [0.15, 0.2) is 0 Å². The smallest absolute Gasteiger partial charge is 0.338 e. The molecule has 0 atom stereocenters. The maximum absolute atomic E-state index is 11.2. The first-order valence-corrected chi connectivity index (χ1v) is 3.81. The standard InChI is InChI=1S/C10H12O2/c1-7-5-4-6-9(8(7)2)10(11)12-3/h4-6H,1-3H3. The van der Waals surface area contributed by atoms with Crippen LogP contribution in [0.2, 0.25) is 0 Å². The highest BCUT2D eigenvalue weighted by molar-refractivity contribution is 5.91. The number of carbonyl (C=O) groups is 1. The maximum atomic E-state index is 11.2. The molecule has 1 aromatic carbocycles. The highest BCUT2D eigenvalue weighted by atomic mass is 16.5. The van der Waals surface area contributed by atoms with Crippen LogP contribution in [0, 0.1) is 13.8 Å². The number of methoxy groups -OCH3 is 1. The van der Waals surface area contributed by atoms with E-state index in [0.717, 1.165) is 11.1 Å². The third-order valence-electron chi connectivity index (χ3n) is 2.01. The fourth-order valence-corrected chi connectivity index (χ4v) is 1.08. The van der Waals surface area contributed by atoms with Crippen molar-refractivity contribution in [1.29, 1.82) is 0 Å². The Morgan fingerprint density at radius 3 is 2.58 bits per heavy atom. The van der Waals surface area contributed by atoms with Gasteiger partial charge in [0.1, 0.15) is 0 Å². The van der Waals surface area contributed by atoms with E-state index >= 15 is 0 Å². The van der Waals surface area contributed by atoms with Crippen molar-refractivity contribution in [3.8, 4) is 0 Å². The number of ether oxygens (including phenoxy) is 1. The average Bonchev–Trinajstić information content (AvgIpc) is 2.08. The summed E-state index contributed by atoms with van der Waals surface area (Å²) in [6, 6.07) is 5.60. The Hall–Kier alpha value is -1.31. The van der Waals surface area contributed by atoms with Gasteiger partial charge < -0.3 is 4.74 Å². The van der Waals surface area contributed by atoms with E-state index in [9.17, 15) is 4.79 Å². The summed E-state index contributed by atoms with van der Waals surface area (Å²) in [5, 5.41) is 0. The molecule has 0 spiro atoms. The first-order valence-electron chi connectivity index (χ1n) is 3.81. The molecule has 2 heteroatoms. The van der Waals surface area contributed by atoms with Gasteiger partial charge in [0, 0.05) is 0 Å².